The van der Waals surface area contributed by atoms with Gasteiger partial charge < -0.3 is 0 Å². The normalized spacial score (nSPS) is 10.6. The maximum atomic E-state index is 11.8. The molecule has 0 saturated heterocycles. The molecule has 1 aromatic rings. The van der Waals surface area contributed by atoms with Crippen molar-refractivity contribution in [1.82, 2.24) is 0 Å². The standard InChI is InChI=1S/C15H23FS/c16-13-9-4-2-1-3-5-10-14-17-15-11-7-6-8-12-15/h6-8,11-12H,1-5,9-10,13-14H2. The molecule has 0 aliphatic heterocycles. The Kier molecular flexibility index (Phi) is 9.11. The minimum atomic E-state index is -0.145. The van der Waals surface area contributed by atoms with Gasteiger partial charge in [0, 0.05) is 4.90 Å². The Labute approximate surface area is 109 Å². The molecule has 0 fully saturated rings. The van der Waals surface area contributed by atoms with Gasteiger partial charge in [-0.15, -0.1) is 11.8 Å². The summed E-state index contributed by atoms with van der Waals surface area (Å²) in [7, 11) is 0. The van der Waals surface area contributed by atoms with Crippen molar-refractivity contribution in [3.05, 3.63) is 30.3 Å². The molecule has 1 rings (SSSR count). The highest BCUT2D eigenvalue weighted by molar-refractivity contribution is 7.99. The lowest BCUT2D eigenvalue weighted by Gasteiger charge is -2.02. The first-order chi connectivity index (χ1) is 8.43. The van der Waals surface area contributed by atoms with E-state index in [1.807, 2.05) is 11.8 Å². The third-order valence-corrected chi connectivity index (χ3v) is 3.89. The lowest BCUT2D eigenvalue weighted by molar-refractivity contribution is 0.450. The Morgan fingerprint density at radius 2 is 1.35 bits per heavy atom. The highest BCUT2D eigenvalue weighted by Gasteiger charge is 1.94. The number of benzene rings is 1. The van der Waals surface area contributed by atoms with Crippen molar-refractivity contribution < 1.29 is 4.39 Å². The molecule has 0 saturated carbocycles. The summed E-state index contributed by atoms with van der Waals surface area (Å²) in [5.74, 6) is 1.22. The van der Waals surface area contributed by atoms with E-state index < -0.39 is 0 Å². The molecular formula is C15H23FS. The summed E-state index contributed by atoms with van der Waals surface area (Å²) >= 11 is 1.94. The van der Waals surface area contributed by atoms with Crippen molar-refractivity contribution in [2.24, 2.45) is 0 Å². The van der Waals surface area contributed by atoms with Crippen molar-refractivity contribution in [2.45, 2.75) is 49.8 Å². The summed E-state index contributed by atoms with van der Waals surface area (Å²) in [4.78, 5) is 1.37. The van der Waals surface area contributed by atoms with Crippen LogP contribution < -0.4 is 0 Å². The lowest BCUT2D eigenvalue weighted by Crippen LogP contribution is -1.84. The predicted molar refractivity (Wildman–Crippen MR) is 75.5 cm³/mol. The van der Waals surface area contributed by atoms with Gasteiger partial charge in [0.2, 0.25) is 0 Å². The number of hydrogen-bond donors (Lipinski definition) is 0. The zero-order valence-electron chi connectivity index (χ0n) is 10.5. The Morgan fingerprint density at radius 3 is 2.00 bits per heavy atom. The van der Waals surface area contributed by atoms with Gasteiger partial charge in [-0.25, -0.2) is 0 Å². The molecule has 0 atom stereocenters. The fourth-order valence-corrected chi connectivity index (χ4v) is 2.72. The smallest absolute Gasteiger partial charge is 0.0894 e. The summed E-state index contributed by atoms with van der Waals surface area (Å²) in [6.45, 7) is -0.145. The SMILES string of the molecule is FCCCCCCCCCSc1ccccc1. The molecule has 0 nitrogen and oxygen atoms in total. The number of thioether (sulfide) groups is 1. The topological polar surface area (TPSA) is 0 Å². The molecule has 0 N–H and O–H groups in total. The van der Waals surface area contributed by atoms with Crippen LogP contribution in [0.2, 0.25) is 0 Å². The van der Waals surface area contributed by atoms with Crippen LogP contribution in [0.5, 0.6) is 0 Å². The molecule has 2 heteroatoms. The molecule has 96 valence electrons. The van der Waals surface area contributed by atoms with Gasteiger partial charge in [0.05, 0.1) is 6.67 Å². The first-order valence-corrected chi connectivity index (χ1v) is 7.66. The zero-order valence-corrected chi connectivity index (χ0v) is 11.4. The average Bonchev–Trinajstić information content (AvgIpc) is 2.38. The van der Waals surface area contributed by atoms with Crippen LogP contribution in [0.4, 0.5) is 4.39 Å². The second-order valence-corrected chi connectivity index (χ2v) is 5.49. The molecule has 0 aromatic heterocycles. The highest BCUT2D eigenvalue weighted by Crippen LogP contribution is 2.19. The Morgan fingerprint density at radius 1 is 0.765 bits per heavy atom. The first kappa shape index (κ1) is 14.6. The number of alkyl halides is 1. The van der Waals surface area contributed by atoms with Crippen LogP contribution in [0.25, 0.3) is 0 Å². The molecule has 0 heterocycles. The summed E-state index contributed by atoms with van der Waals surface area (Å²) in [5.41, 5.74) is 0. The molecule has 0 bridgehead atoms. The van der Waals surface area contributed by atoms with Gasteiger partial charge >= 0.3 is 0 Å². The Bertz CT molecular complexity index is 261. The Balaban J connectivity index is 1.85. The van der Waals surface area contributed by atoms with Crippen LogP contribution in [0.15, 0.2) is 35.2 Å². The summed E-state index contributed by atoms with van der Waals surface area (Å²) < 4.78 is 11.8. The van der Waals surface area contributed by atoms with E-state index in [2.05, 4.69) is 30.3 Å². The van der Waals surface area contributed by atoms with Crippen molar-refractivity contribution in [3.63, 3.8) is 0 Å². The van der Waals surface area contributed by atoms with Crippen LogP contribution >= 0.6 is 11.8 Å². The third kappa shape index (κ3) is 8.25. The van der Waals surface area contributed by atoms with E-state index in [0.717, 1.165) is 12.8 Å². The minimum absolute atomic E-state index is 0.145. The van der Waals surface area contributed by atoms with E-state index in [1.54, 1.807) is 0 Å². The van der Waals surface area contributed by atoms with Crippen LogP contribution in [0, 0.1) is 0 Å². The van der Waals surface area contributed by atoms with Crippen molar-refractivity contribution in [1.29, 1.82) is 0 Å². The minimum Gasteiger partial charge on any atom is -0.251 e. The van der Waals surface area contributed by atoms with Crippen LogP contribution in [-0.4, -0.2) is 12.4 Å². The number of unbranched alkanes of at least 4 members (excludes halogenated alkanes) is 6. The third-order valence-electron chi connectivity index (χ3n) is 2.79. The maximum Gasteiger partial charge on any atom is 0.0894 e. The van der Waals surface area contributed by atoms with Crippen molar-refractivity contribution >= 4 is 11.8 Å². The van der Waals surface area contributed by atoms with Gasteiger partial charge in [-0.2, -0.15) is 0 Å². The molecule has 0 aliphatic rings. The maximum absolute atomic E-state index is 11.8. The number of hydrogen-bond acceptors (Lipinski definition) is 1. The molecule has 0 amide bonds. The van der Waals surface area contributed by atoms with E-state index in [0.29, 0.717) is 0 Å². The molecule has 1 aromatic carbocycles. The summed E-state index contributed by atoms with van der Waals surface area (Å²) in [6, 6.07) is 10.6. The number of halogens is 1. The van der Waals surface area contributed by atoms with Crippen molar-refractivity contribution in [3.8, 4) is 0 Å². The molecule has 0 spiro atoms. The number of rotatable bonds is 10. The van der Waals surface area contributed by atoms with Gasteiger partial charge in [-0.3, -0.25) is 4.39 Å². The van der Waals surface area contributed by atoms with E-state index in [4.69, 9.17) is 0 Å². The lowest BCUT2D eigenvalue weighted by atomic mass is 10.1. The van der Waals surface area contributed by atoms with Crippen molar-refractivity contribution in [2.75, 3.05) is 12.4 Å². The van der Waals surface area contributed by atoms with Gasteiger partial charge in [0.25, 0.3) is 0 Å². The van der Waals surface area contributed by atoms with Crippen LogP contribution in [0.1, 0.15) is 44.9 Å². The highest BCUT2D eigenvalue weighted by atomic mass is 32.2. The molecule has 0 unspecified atom stereocenters. The van der Waals surface area contributed by atoms with E-state index in [-0.39, 0.29) is 6.67 Å². The predicted octanol–water partition coefficient (Wildman–Crippen LogP) is 5.48. The molecule has 0 radical (unpaired) electrons. The van der Waals surface area contributed by atoms with E-state index in [1.165, 1.54) is 42.8 Å². The Hall–Kier alpha value is -0.500. The zero-order chi connectivity index (χ0) is 12.2. The van der Waals surface area contributed by atoms with Gasteiger partial charge in [-0.1, -0.05) is 50.3 Å². The van der Waals surface area contributed by atoms with Gasteiger partial charge in [0.1, 0.15) is 0 Å². The molecular weight excluding hydrogens is 231 g/mol. The largest absolute Gasteiger partial charge is 0.251 e. The average molecular weight is 254 g/mol. The second-order valence-electron chi connectivity index (χ2n) is 4.33. The summed E-state index contributed by atoms with van der Waals surface area (Å²) in [5, 5.41) is 0. The monoisotopic (exact) mass is 254 g/mol. The van der Waals surface area contributed by atoms with Crippen LogP contribution in [-0.2, 0) is 0 Å². The van der Waals surface area contributed by atoms with Crippen LogP contribution in [0.3, 0.4) is 0 Å². The first-order valence-electron chi connectivity index (χ1n) is 6.67. The summed E-state index contributed by atoms with van der Waals surface area (Å²) in [6.07, 6.45) is 8.21. The van der Waals surface area contributed by atoms with Gasteiger partial charge in [0.15, 0.2) is 0 Å². The van der Waals surface area contributed by atoms with E-state index in [9.17, 15) is 4.39 Å². The fourth-order valence-electron chi connectivity index (χ4n) is 1.79. The molecule has 0 aliphatic carbocycles. The molecule has 17 heavy (non-hydrogen) atoms. The quantitative estimate of drug-likeness (QED) is 0.393. The fraction of sp³-hybridized carbons (Fsp3) is 0.600. The second kappa shape index (κ2) is 10.6. The van der Waals surface area contributed by atoms with E-state index >= 15 is 0 Å². The van der Waals surface area contributed by atoms with Gasteiger partial charge in [-0.05, 0) is 30.7 Å².